The number of methoxy groups -OCH3 is 1. The van der Waals surface area contributed by atoms with Crippen LogP contribution in [0.2, 0.25) is 0 Å². The minimum atomic E-state index is -3.70. The predicted octanol–water partition coefficient (Wildman–Crippen LogP) is -0.242. The van der Waals surface area contributed by atoms with Crippen molar-refractivity contribution in [3.8, 4) is 0 Å². The van der Waals surface area contributed by atoms with Gasteiger partial charge in [0.05, 0.1) is 6.10 Å². The summed E-state index contributed by atoms with van der Waals surface area (Å²) in [5.41, 5.74) is 0. The third-order valence-corrected chi connectivity index (χ3v) is 4.58. The second kappa shape index (κ2) is 5.11. The first-order valence-corrected chi connectivity index (χ1v) is 6.70. The summed E-state index contributed by atoms with van der Waals surface area (Å²) in [6.45, 7) is 2.61. The van der Waals surface area contributed by atoms with E-state index < -0.39 is 21.7 Å². The first-order valence-electron chi connectivity index (χ1n) is 5.09. The van der Waals surface area contributed by atoms with Gasteiger partial charge < -0.3 is 9.84 Å². The molecule has 94 valence electrons. The number of carboxylic acid groups (broad SMARTS) is 1. The SMILES string of the molecule is COC1CN(S(=O)(=O)CC(=O)O)CCC1C. The van der Waals surface area contributed by atoms with Gasteiger partial charge in [0.2, 0.25) is 10.0 Å². The lowest BCUT2D eigenvalue weighted by molar-refractivity contribution is -0.134. The van der Waals surface area contributed by atoms with E-state index >= 15 is 0 Å². The van der Waals surface area contributed by atoms with Crippen LogP contribution in [0.15, 0.2) is 0 Å². The molecule has 1 fully saturated rings. The van der Waals surface area contributed by atoms with Gasteiger partial charge in [-0.15, -0.1) is 0 Å². The zero-order valence-corrected chi connectivity index (χ0v) is 10.2. The van der Waals surface area contributed by atoms with Crippen LogP contribution in [-0.2, 0) is 19.6 Å². The number of rotatable bonds is 4. The molecule has 16 heavy (non-hydrogen) atoms. The summed E-state index contributed by atoms with van der Waals surface area (Å²) < 4.78 is 29.7. The zero-order valence-electron chi connectivity index (χ0n) is 9.42. The summed E-state index contributed by atoms with van der Waals surface area (Å²) in [6.07, 6.45) is 0.537. The quantitative estimate of drug-likeness (QED) is 0.745. The van der Waals surface area contributed by atoms with E-state index in [1.54, 1.807) is 0 Å². The molecule has 0 amide bonds. The number of hydrogen-bond donors (Lipinski definition) is 1. The smallest absolute Gasteiger partial charge is 0.320 e. The van der Waals surface area contributed by atoms with E-state index in [4.69, 9.17) is 9.84 Å². The van der Waals surface area contributed by atoms with Crippen molar-refractivity contribution in [3.05, 3.63) is 0 Å². The molecule has 0 aromatic rings. The summed E-state index contributed by atoms with van der Waals surface area (Å²) >= 11 is 0. The largest absolute Gasteiger partial charge is 0.480 e. The molecule has 1 N–H and O–H groups in total. The Morgan fingerprint density at radius 3 is 2.69 bits per heavy atom. The Morgan fingerprint density at radius 1 is 1.56 bits per heavy atom. The van der Waals surface area contributed by atoms with E-state index in [-0.39, 0.29) is 12.6 Å². The lowest BCUT2D eigenvalue weighted by atomic mass is 9.97. The molecular formula is C9H17NO5S. The van der Waals surface area contributed by atoms with Crippen LogP contribution in [0.5, 0.6) is 0 Å². The summed E-state index contributed by atoms with van der Waals surface area (Å²) in [7, 11) is -2.16. The monoisotopic (exact) mass is 251 g/mol. The zero-order chi connectivity index (χ0) is 12.3. The van der Waals surface area contributed by atoms with E-state index in [0.29, 0.717) is 18.9 Å². The molecule has 2 atom stereocenters. The number of aliphatic carboxylic acids is 1. The van der Waals surface area contributed by atoms with Gasteiger partial charge in [-0.1, -0.05) is 6.92 Å². The molecule has 0 aromatic heterocycles. The number of sulfonamides is 1. The Labute approximate surface area is 95.2 Å². The standard InChI is InChI=1S/C9H17NO5S/c1-7-3-4-10(5-8(7)15-2)16(13,14)6-9(11)12/h7-8H,3-6H2,1-2H3,(H,11,12). The first kappa shape index (κ1) is 13.4. The van der Waals surface area contributed by atoms with Crippen molar-refractivity contribution < 1.29 is 23.1 Å². The molecule has 6 nitrogen and oxygen atoms in total. The summed E-state index contributed by atoms with van der Waals surface area (Å²) in [6, 6.07) is 0. The fourth-order valence-corrected chi connectivity index (χ4v) is 3.06. The van der Waals surface area contributed by atoms with Crippen LogP contribution in [0.1, 0.15) is 13.3 Å². The number of carboxylic acids is 1. The van der Waals surface area contributed by atoms with Crippen LogP contribution in [0.4, 0.5) is 0 Å². The first-order chi connectivity index (χ1) is 7.36. The third kappa shape index (κ3) is 3.16. The van der Waals surface area contributed by atoms with Crippen LogP contribution in [0, 0.1) is 5.92 Å². The molecule has 1 aliphatic rings. The van der Waals surface area contributed by atoms with Gasteiger partial charge in [-0.25, -0.2) is 8.42 Å². The maximum atomic E-state index is 11.7. The number of hydrogen-bond acceptors (Lipinski definition) is 4. The molecule has 1 rings (SSSR count). The molecular weight excluding hydrogens is 234 g/mol. The lowest BCUT2D eigenvalue weighted by Gasteiger charge is -2.35. The van der Waals surface area contributed by atoms with Gasteiger partial charge in [-0.3, -0.25) is 4.79 Å². The highest BCUT2D eigenvalue weighted by molar-refractivity contribution is 7.89. The summed E-state index contributed by atoms with van der Waals surface area (Å²) in [5.74, 6) is -1.88. The Hall–Kier alpha value is -0.660. The van der Waals surface area contributed by atoms with Crippen LogP contribution in [0.25, 0.3) is 0 Å². The maximum absolute atomic E-state index is 11.7. The van der Waals surface area contributed by atoms with Crippen molar-refractivity contribution in [1.82, 2.24) is 4.31 Å². The predicted molar refractivity (Wildman–Crippen MR) is 57.6 cm³/mol. The molecule has 0 aliphatic carbocycles. The number of ether oxygens (including phenoxy) is 1. The Balaban J connectivity index is 2.71. The maximum Gasteiger partial charge on any atom is 0.320 e. The number of nitrogens with zero attached hydrogens (tertiary/aromatic N) is 1. The van der Waals surface area contributed by atoms with Gasteiger partial charge in [0.15, 0.2) is 5.75 Å². The summed E-state index contributed by atoms with van der Waals surface area (Å²) in [4.78, 5) is 10.4. The average Bonchev–Trinajstić information content (AvgIpc) is 2.16. The molecule has 0 aromatic carbocycles. The Bertz CT molecular complexity index is 353. The number of piperidine rings is 1. The van der Waals surface area contributed by atoms with Crippen LogP contribution in [0.3, 0.4) is 0 Å². The highest BCUT2D eigenvalue weighted by Gasteiger charge is 2.33. The van der Waals surface area contributed by atoms with Crippen molar-refractivity contribution in [1.29, 1.82) is 0 Å². The second-order valence-corrected chi connectivity index (χ2v) is 6.02. The highest BCUT2D eigenvalue weighted by Crippen LogP contribution is 2.21. The molecule has 1 aliphatic heterocycles. The Morgan fingerprint density at radius 2 is 2.19 bits per heavy atom. The molecule has 1 saturated heterocycles. The van der Waals surface area contributed by atoms with Gasteiger partial charge >= 0.3 is 5.97 Å². The molecule has 1 heterocycles. The van der Waals surface area contributed by atoms with Gasteiger partial charge in [0.1, 0.15) is 0 Å². The average molecular weight is 251 g/mol. The van der Waals surface area contributed by atoms with Crippen molar-refractivity contribution in [2.45, 2.75) is 19.4 Å². The van der Waals surface area contributed by atoms with E-state index in [2.05, 4.69) is 0 Å². The van der Waals surface area contributed by atoms with E-state index in [0.717, 1.165) is 0 Å². The van der Waals surface area contributed by atoms with Gasteiger partial charge in [-0.05, 0) is 12.3 Å². The molecule has 0 saturated carbocycles. The van der Waals surface area contributed by atoms with Crippen molar-refractivity contribution >= 4 is 16.0 Å². The lowest BCUT2D eigenvalue weighted by Crippen LogP contribution is -2.48. The second-order valence-electron chi connectivity index (χ2n) is 4.05. The number of carbonyl (C=O) groups is 1. The van der Waals surface area contributed by atoms with E-state index in [9.17, 15) is 13.2 Å². The normalized spacial score (nSPS) is 27.9. The van der Waals surface area contributed by atoms with Gasteiger partial charge in [0.25, 0.3) is 0 Å². The van der Waals surface area contributed by atoms with Crippen molar-refractivity contribution in [3.63, 3.8) is 0 Å². The van der Waals surface area contributed by atoms with Crippen LogP contribution >= 0.6 is 0 Å². The van der Waals surface area contributed by atoms with Crippen LogP contribution < -0.4 is 0 Å². The fourth-order valence-electron chi connectivity index (χ4n) is 1.81. The highest BCUT2D eigenvalue weighted by atomic mass is 32.2. The molecule has 0 radical (unpaired) electrons. The van der Waals surface area contributed by atoms with Crippen molar-refractivity contribution in [2.75, 3.05) is 26.0 Å². The minimum absolute atomic E-state index is 0.155. The van der Waals surface area contributed by atoms with Crippen molar-refractivity contribution in [2.24, 2.45) is 5.92 Å². The van der Waals surface area contributed by atoms with Gasteiger partial charge in [-0.2, -0.15) is 4.31 Å². The molecule has 0 bridgehead atoms. The summed E-state index contributed by atoms with van der Waals surface area (Å²) in [5, 5.41) is 8.52. The van der Waals surface area contributed by atoms with Crippen LogP contribution in [-0.4, -0.2) is 55.9 Å². The molecule has 7 heteroatoms. The minimum Gasteiger partial charge on any atom is -0.480 e. The third-order valence-electron chi connectivity index (χ3n) is 2.85. The molecule has 2 unspecified atom stereocenters. The van der Waals surface area contributed by atoms with E-state index in [1.807, 2.05) is 6.92 Å². The van der Waals surface area contributed by atoms with E-state index in [1.165, 1.54) is 11.4 Å². The van der Waals surface area contributed by atoms with Gasteiger partial charge in [0, 0.05) is 20.2 Å². The Kier molecular flexibility index (Phi) is 4.28. The topological polar surface area (TPSA) is 83.9 Å². The molecule has 0 spiro atoms. The fraction of sp³-hybridized carbons (Fsp3) is 0.889.